The number of carbonyl (C=O) groups is 1. The van der Waals surface area contributed by atoms with Crippen molar-refractivity contribution in [3.8, 4) is 0 Å². The Balaban J connectivity index is 1.36. The van der Waals surface area contributed by atoms with Gasteiger partial charge in [0.25, 0.3) is 0 Å². The largest absolute Gasteiger partial charge is 0.379 e. The summed E-state index contributed by atoms with van der Waals surface area (Å²) in [6, 6.07) is 4.15. The molecule has 2 aliphatic heterocycles. The van der Waals surface area contributed by atoms with E-state index in [9.17, 15) is 4.79 Å². The van der Waals surface area contributed by atoms with Gasteiger partial charge in [0.05, 0.1) is 19.8 Å². The van der Waals surface area contributed by atoms with Crippen molar-refractivity contribution in [3.63, 3.8) is 0 Å². The standard InChI is InChI=1S/C16H25N3O2S/c20-16(17-12-15-2-1-11-22-15)19-5-3-14(4-6-19)13-18-7-9-21-10-8-18/h1-2,11,14H,3-10,12-13H2,(H,17,20). The predicted molar refractivity (Wildman–Crippen MR) is 88.1 cm³/mol. The maximum absolute atomic E-state index is 12.2. The molecule has 122 valence electrons. The molecule has 0 aromatic carbocycles. The van der Waals surface area contributed by atoms with E-state index in [1.54, 1.807) is 11.3 Å². The molecule has 0 atom stereocenters. The Morgan fingerprint density at radius 1 is 1.27 bits per heavy atom. The second-order valence-electron chi connectivity index (χ2n) is 6.08. The molecule has 0 spiro atoms. The summed E-state index contributed by atoms with van der Waals surface area (Å²) in [5.74, 6) is 0.722. The highest BCUT2D eigenvalue weighted by Crippen LogP contribution is 2.19. The van der Waals surface area contributed by atoms with Crippen molar-refractivity contribution in [1.29, 1.82) is 0 Å². The number of hydrogen-bond acceptors (Lipinski definition) is 4. The number of urea groups is 1. The van der Waals surface area contributed by atoms with Crippen molar-refractivity contribution in [1.82, 2.24) is 15.1 Å². The van der Waals surface area contributed by atoms with Gasteiger partial charge in [0.15, 0.2) is 0 Å². The molecule has 2 amide bonds. The smallest absolute Gasteiger partial charge is 0.317 e. The summed E-state index contributed by atoms with van der Waals surface area (Å²) in [5.41, 5.74) is 0. The highest BCUT2D eigenvalue weighted by molar-refractivity contribution is 7.09. The van der Waals surface area contributed by atoms with Crippen molar-refractivity contribution in [2.45, 2.75) is 19.4 Å². The van der Waals surface area contributed by atoms with Crippen molar-refractivity contribution < 1.29 is 9.53 Å². The third-order valence-electron chi connectivity index (χ3n) is 4.52. The summed E-state index contributed by atoms with van der Waals surface area (Å²) in [7, 11) is 0. The van der Waals surface area contributed by atoms with Crippen LogP contribution in [0.1, 0.15) is 17.7 Å². The van der Waals surface area contributed by atoms with Crippen LogP contribution in [0.15, 0.2) is 17.5 Å². The average molecular weight is 323 g/mol. The number of ether oxygens (including phenoxy) is 1. The molecule has 22 heavy (non-hydrogen) atoms. The molecule has 2 fully saturated rings. The van der Waals surface area contributed by atoms with Gasteiger partial charge in [-0.15, -0.1) is 11.3 Å². The SMILES string of the molecule is O=C(NCc1cccs1)N1CCC(CN2CCOCC2)CC1. The number of nitrogens with one attached hydrogen (secondary N) is 1. The number of piperidine rings is 1. The molecule has 5 nitrogen and oxygen atoms in total. The molecule has 0 bridgehead atoms. The molecule has 2 aliphatic rings. The van der Waals surface area contributed by atoms with Crippen LogP contribution in [0.2, 0.25) is 0 Å². The molecular weight excluding hydrogens is 298 g/mol. The molecular formula is C16H25N3O2S. The number of nitrogens with zero attached hydrogens (tertiary/aromatic N) is 2. The van der Waals surface area contributed by atoms with Crippen LogP contribution in [-0.2, 0) is 11.3 Å². The van der Waals surface area contributed by atoms with Gasteiger partial charge >= 0.3 is 6.03 Å². The Morgan fingerprint density at radius 3 is 2.73 bits per heavy atom. The molecule has 1 aromatic heterocycles. The number of thiophene rings is 1. The lowest BCUT2D eigenvalue weighted by Crippen LogP contribution is -2.46. The van der Waals surface area contributed by atoms with Crippen molar-refractivity contribution in [3.05, 3.63) is 22.4 Å². The summed E-state index contributed by atoms with van der Waals surface area (Å²) in [6.45, 7) is 7.41. The maximum Gasteiger partial charge on any atom is 0.317 e. The fraction of sp³-hybridized carbons (Fsp3) is 0.688. The summed E-state index contributed by atoms with van der Waals surface area (Å²) in [4.78, 5) is 17.8. The van der Waals surface area contributed by atoms with Crippen LogP contribution < -0.4 is 5.32 Å². The first-order valence-corrected chi connectivity index (χ1v) is 9.04. The van der Waals surface area contributed by atoms with E-state index in [1.165, 1.54) is 4.88 Å². The van der Waals surface area contributed by atoms with E-state index in [0.29, 0.717) is 6.54 Å². The maximum atomic E-state index is 12.2. The second kappa shape index (κ2) is 7.94. The van der Waals surface area contributed by atoms with Gasteiger partial charge < -0.3 is 15.0 Å². The van der Waals surface area contributed by atoms with Gasteiger partial charge in [-0.25, -0.2) is 4.79 Å². The summed E-state index contributed by atoms with van der Waals surface area (Å²) >= 11 is 1.68. The van der Waals surface area contributed by atoms with E-state index < -0.39 is 0 Å². The van der Waals surface area contributed by atoms with E-state index in [0.717, 1.165) is 64.7 Å². The van der Waals surface area contributed by atoms with Crippen LogP contribution in [0.4, 0.5) is 4.79 Å². The van der Waals surface area contributed by atoms with Gasteiger partial charge in [0.1, 0.15) is 0 Å². The lowest BCUT2D eigenvalue weighted by Gasteiger charge is -2.36. The number of morpholine rings is 1. The van der Waals surface area contributed by atoms with E-state index in [-0.39, 0.29) is 6.03 Å². The Labute approximate surface area is 136 Å². The molecule has 0 aliphatic carbocycles. The van der Waals surface area contributed by atoms with Crippen molar-refractivity contribution >= 4 is 17.4 Å². The fourth-order valence-electron chi connectivity index (χ4n) is 3.16. The van der Waals surface area contributed by atoms with Crippen LogP contribution in [0.25, 0.3) is 0 Å². The van der Waals surface area contributed by atoms with E-state index in [1.807, 2.05) is 16.3 Å². The monoisotopic (exact) mass is 323 g/mol. The van der Waals surface area contributed by atoms with Gasteiger partial charge in [-0.05, 0) is 30.2 Å². The second-order valence-corrected chi connectivity index (χ2v) is 7.11. The van der Waals surface area contributed by atoms with E-state index in [2.05, 4.69) is 16.3 Å². The third-order valence-corrected chi connectivity index (χ3v) is 5.39. The Bertz CT molecular complexity index is 452. The number of likely N-dealkylation sites (tertiary alicyclic amines) is 1. The molecule has 1 N–H and O–H groups in total. The molecule has 6 heteroatoms. The molecule has 0 unspecified atom stereocenters. The fourth-order valence-corrected chi connectivity index (χ4v) is 3.80. The first-order valence-electron chi connectivity index (χ1n) is 8.16. The van der Waals surface area contributed by atoms with Crippen molar-refractivity contribution in [2.24, 2.45) is 5.92 Å². The number of rotatable bonds is 4. The first kappa shape index (κ1) is 15.8. The first-order chi connectivity index (χ1) is 10.8. The van der Waals surface area contributed by atoms with Gasteiger partial charge in [-0.3, -0.25) is 4.90 Å². The minimum atomic E-state index is 0.0817. The summed E-state index contributed by atoms with van der Waals surface area (Å²) < 4.78 is 5.39. The third kappa shape index (κ3) is 4.44. The number of carbonyl (C=O) groups excluding carboxylic acids is 1. The zero-order chi connectivity index (χ0) is 15.2. The number of amides is 2. The Kier molecular flexibility index (Phi) is 5.70. The van der Waals surface area contributed by atoms with Gasteiger partial charge in [-0.1, -0.05) is 6.07 Å². The molecule has 0 saturated carbocycles. The minimum Gasteiger partial charge on any atom is -0.379 e. The molecule has 2 saturated heterocycles. The number of hydrogen-bond donors (Lipinski definition) is 1. The van der Waals surface area contributed by atoms with E-state index in [4.69, 9.17) is 4.74 Å². The average Bonchev–Trinajstić information content (AvgIpc) is 3.08. The van der Waals surface area contributed by atoms with Crippen LogP contribution in [0.5, 0.6) is 0 Å². The molecule has 3 rings (SSSR count). The highest BCUT2D eigenvalue weighted by Gasteiger charge is 2.24. The van der Waals surface area contributed by atoms with Crippen LogP contribution in [-0.4, -0.2) is 61.8 Å². The molecule has 1 aromatic rings. The molecule has 0 radical (unpaired) electrons. The van der Waals surface area contributed by atoms with Gasteiger partial charge in [-0.2, -0.15) is 0 Å². The summed E-state index contributed by atoms with van der Waals surface area (Å²) in [6.07, 6.45) is 2.23. The lowest BCUT2D eigenvalue weighted by atomic mass is 9.96. The molecule has 3 heterocycles. The zero-order valence-electron chi connectivity index (χ0n) is 13.0. The Hall–Kier alpha value is -1.11. The van der Waals surface area contributed by atoms with Crippen LogP contribution >= 0.6 is 11.3 Å². The van der Waals surface area contributed by atoms with Gasteiger partial charge in [0, 0.05) is 37.6 Å². The predicted octanol–water partition coefficient (Wildman–Crippen LogP) is 2.00. The normalized spacial score (nSPS) is 21.0. The Morgan fingerprint density at radius 2 is 2.05 bits per heavy atom. The van der Waals surface area contributed by atoms with Gasteiger partial charge in [0.2, 0.25) is 0 Å². The zero-order valence-corrected chi connectivity index (χ0v) is 13.8. The highest BCUT2D eigenvalue weighted by atomic mass is 32.1. The van der Waals surface area contributed by atoms with Crippen LogP contribution in [0, 0.1) is 5.92 Å². The topological polar surface area (TPSA) is 44.8 Å². The van der Waals surface area contributed by atoms with Crippen molar-refractivity contribution in [2.75, 3.05) is 45.9 Å². The summed E-state index contributed by atoms with van der Waals surface area (Å²) in [5, 5.41) is 5.06. The lowest BCUT2D eigenvalue weighted by molar-refractivity contribution is 0.0258. The quantitative estimate of drug-likeness (QED) is 0.922. The minimum absolute atomic E-state index is 0.0817. The van der Waals surface area contributed by atoms with E-state index >= 15 is 0 Å². The van der Waals surface area contributed by atoms with Crippen LogP contribution in [0.3, 0.4) is 0 Å².